The maximum Gasteiger partial charge on any atom is 0.192 e. The van der Waals surface area contributed by atoms with Gasteiger partial charge in [0.15, 0.2) is 14.1 Å². The Hall–Kier alpha value is -0.673. The van der Waals surface area contributed by atoms with Crippen LogP contribution in [0.25, 0.3) is 0 Å². The molecule has 19 heavy (non-hydrogen) atoms. The highest BCUT2D eigenvalue weighted by Crippen LogP contribution is 2.38. The van der Waals surface area contributed by atoms with Crippen LogP contribution in [-0.2, 0) is 9.22 Å². The Kier molecular flexibility index (Phi) is 6.95. The SMILES string of the molecule is C=CCC[C@H](O[Si](C)(C)C(C)(C)C)[C@@H](C)C(=O)C=C. The molecule has 0 saturated carbocycles. The molecule has 0 bridgehead atoms. The van der Waals surface area contributed by atoms with Gasteiger partial charge in [0.2, 0.25) is 0 Å². The molecule has 0 rings (SSSR count). The molecule has 0 spiro atoms. The van der Waals surface area contributed by atoms with E-state index in [0.29, 0.717) is 0 Å². The zero-order valence-electron chi connectivity index (χ0n) is 13.5. The average molecular weight is 282 g/mol. The third kappa shape index (κ3) is 5.45. The van der Waals surface area contributed by atoms with Gasteiger partial charge in [0.1, 0.15) is 0 Å². The van der Waals surface area contributed by atoms with E-state index in [-0.39, 0.29) is 22.8 Å². The molecule has 0 unspecified atom stereocenters. The summed E-state index contributed by atoms with van der Waals surface area (Å²) in [4.78, 5) is 11.8. The van der Waals surface area contributed by atoms with Gasteiger partial charge in [-0.1, -0.05) is 40.3 Å². The molecule has 0 heterocycles. The summed E-state index contributed by atoms with van der Waals surface area (Å²) in [5, 5.41) is 0.149. The Morgan fingerprint density at radius 1 is 1.32 bits per heavy atom. The summed E-state index contributed by atoms with van der Waals surface area (Å²) in [6.45, 7) is 20.3. The fourth-order valence-electron chi connectivity index (χ4n) is 1.62. The van der Waals surface area contributed by atoms with E-state index in [9.17, 15) is 4.79 Å². The Labute approximate surface area is 120 Å². The predicted octanol–water partition coefficient (Wildman–Crippen LogP) is 4.73. The van der Waals surface area contributed by atoms with Crippen LogP contribution < -0.4 is 0 Å². The molecule has 0 radical (unpaired) electrons. The molecule has 0 amide bonds. The van der Waals surface area contributed by atoms with Crippen molar-refractivity contribution in [2.75, 3.05) is 0 Å². The molecular weight excluding hydrogens is 252 g/mol. The molecule has 0 N–H and O–H groups in total. The summed E-state index contributed by atoms with van der Waals surface area (Å²) in [6.07, 6.45) is 4.96. The largest absolute Gasteiger partial charge is 0.413 e. The molecule has 0 aromatic rings. The Morgan fingerprint density at radius 2 is 1.84 bits per heavy atom. The van der Waals surface area contributed by atoms with Crippen molar-refractivity contribution in [3.63, 3.8) is 0 Å². The molecule has 0 aliphatic heterocycles. The van der Waals surface area contributed by atoms with E-state index in [1.165, 1.54) is 6.08 Å². The van der Waals surface area contributed by atoms with Gasteiger partial charge in [0.25, 0.3) is 0 Å². The van der Waals surface area contributed by atoms with Crippen molar-refractivity contribution in [2.45, 2.75) is 64.8 Å². The molecule has 0 aromatic carbocycles. The van der Waals surface area contributed by atoms with Crippen molar-refractivity contribution in [1.82, 2.24) is 0 Å². The second-order valence-corrected chi connectivity index (χ2v) is 11.4. The molecule has 0 saturated heterocycles. The van der Waals surface area contributed by atoms with Crippen LogP contribution in [0.3, 0.4) is 0 Å². The highest BCUT2D eigenvalue weighted by Gasteiger charge is 2.40. The van der Waals surface area contributed by atoms with E-state index >= 15 is 0 Å². The minimum Gasteiger partial charge on any atom is -0.413 e. The second-order valence-electron chi connectivity index (χ2n) is 6.68. The van der Waals surface area contributed by atoms with Gasteiger partial charge in [-0.3, -0.25) is 4.79 Å². The highest BCUT2D eigenvalue weighted by atomic mass is 28.4. The van der Waals surface area contributed by atoms with Crippen molar-refractivity contribution in [3.05, 3.63) is 25.3 Å². The molecule has 110 valence electrons. The summed E-state index contributed by atoms with van der Waals surface area (Å²) >= 11 is 0. The normalized spacial score (nSPS) is 15.7. The zero-order chi connectivity index (χ0) is 15.3. The molecular formula is C16H30O2Si. The Bertz CT molecular complexity index is 326. The van der Waals surface area contributed by atoms with Crippen molar-refractivity contribution >= 4 is 14.1 Å². The Balaban J connectivity index is 5.01. The standard InChI is InChI=1S/C16H30O2Si/c1-9-11-12-15(13(3)14(17)10-2)18-19(7,8)16(4,5)6/h9-10,13,15H,1-2,11-12H2,3-8H3/t13-,15-/m0/s1. The molecule has 2 atom stereocenters. The number of hydrogen-bond donors (Lipinski definition) is 0. The summed E-state index contributed by atoms with van der Waals surface area (Å²) in [5.41, 5.74) is 0. The quantitative estimate of drug-likeness (QED) is 0.365. The van der Waals surface area contributed by atoms with Crippen LogP contribution in [0.5, 0.6) is 0 Å². The summed E-state index contributed by atoms with van der Waals surface area (Å²) in [5.74, 6) is -0.0700. The lowest BCUT2D eigenvalue weighted by atomic mass is 9.96. The van der Waals surface area contributed by atoms with Crippen LogP contribution in [-0.4, -0.2) is 20.2 Å². The first kappa shape index (κ1) is 18.3. The van der Waals surface area contributed by atoms with Gasteiger partial charge in [-0.05, 0) is 37.0 Å². The monoisotopic (exact) mass is 282 g/mol. The van der Waals surface area contributed by atoms with Gasteiger partial charge >= 0.3 is 0 Å². The van der Waals surface area contributed by atoms with Crippen LogP contribution in [0.2, 0.25) is 18.1 Å². The number of rotatable bonds is 8. The molecule has 0 aliphatic rings. The van der Waals surface area contributed by atoms with Gasteiger partial charge in [0.05, 0.1) is 6.10 Å². The van der Waals surface area contributed by atoms with Crippen molar-refractivity contribution in [2.24, 2.45) is 5.92 Å². The van der Waals surface area contributed by atoms with Crippen LogP contribution in [0.4, 0.5) is 0 Å². The first-order chi connectivity index (χ1) is 8.56. The van der Waals surface area contributed by atoms with E-state index in [4.69, 9.17) is 4.43 Å². The number of carbonyl (C=O) groups excluding carboxylic acids is 1. The highest BCUT2D eigenvalue weighted by molar-refractivity contribution is 6.74. The summed E-state index contributed by atoms with van der Waals surface area (Å²) in [7, 11) is -1.86. The van der Waals surface area contributed by atoms with Gasteiger partial charge in [-0.25, -0.2) is 0 Å². The van der Waals surface area contributed by atoms with Gasteiger partial charge < -0.3 is 4.43 Å². The minimum absolute atomic E-state index is 0.0376. The summed E-state index contributed by atoms with van der Waals surface area (Å²) in [6, 6.07) is 0. The smallest absolute Gasteiger partial charge is 0.192 e. The van der Waals surface area contributed by atoms with E-state index < -0.39 is 8.32 Å². The molecule has 0 fully saturated rings. The lowest BCUT2D eigenvalue weighted by Gasteiger charge is -2.40. The lowest BCUT2D eigenvalue weighted by Crippen LogP contribution is -2.46. The number of ketones is 1. The maximum atomic E-state index is 11.8. The number of allylic oxidation sites excluding steroid dienone is 2. The minimum atomic E-state index is -1.86. The van der Waals surface area contributed by atoms with E-state index in [1.54, 1.807) is 0 Å². The van der Waals surface area contributed by atoms with Crippen LogP contribution in [0.1, 0.15) is 40.5 Å². The van der Waals surface area contributed by atoms with Crippen LogP contribution >= 0.6 is 0 Å². The van der Waals surface area contributed by atoms with Gasteiger partial charge in [-0.2, -0.15) is 0 Å². The molecule has 0 aliphatic carbocycles. The van der Waals surface area contributed by atoms with Crippen LogP contribution in [0, 0.1) is 5.92 Å². The fourth-order valence-corrected chi connectivity index (χ4v) is 3.05. The molecule has 3 heteroatoms. The third-order valence-corrected chi connectivity index (χ3v) is 8.62. The topological polar surface area (TPSA) is 26.3 Å². The third-order valence-electron chi connectivity index (χ3n) is 4.12. The van der Waals surface area contributed by atoms with Crippen molar-refractivity contribution in [3.8, 4) is 0 Å². The predicted molar refractivity (Wildman–Crippen MR) is 85.9 cm³/mol. The van der Waals surface area contributed by atoms with Crippen molar-refractivity contribution < 1.29 is 9.22 Å². The fraction of sp³-hybridized carbons (Fsp3) is 0.688. The van der Waals surface area contributed by atoms with Crippen molar-refractivity contribution in [1.29, 1.82) is 0 Å². The van der Waals surface area contributed by atoms with Crippen LogP contribution in [0.15, 0.2) is 25.3 Å². The molecule has 2 nitrogen and oxygen atoms in total. The average Bonchev–Trinajstić information content (AvgIpc) is 2.30. The van der Waals surface area contributed by atoms with Gasteiger partial charge in [-0.15, -0.1) is 6.58 Å². The van der Waals surface area contributed by atoms with E-state index in [1.807, 2.05) is 13.0 Å². The first-order valence-corrected chi connectivity index (χ1v) is 9.92. The first-order valence-electron chi connectivity index (χ1n) is 7.01. The lowest BCUT2D eigenvalue weighted by molar-refractivity contribution is -0.120. The van der Waals surface area contributed by atoms with E-state index in [2.05, 4.69) is 47.0 Å². The van der Waals surface area contributed by atoms with E-state index in [0.717, 1.165) is 12.8 Å². The molecule has 0 aromatic heterocycles. The zero-order valence-corrected chi connectivity index (χ0v) is 14.5. The maximum absolute atomic E-state index is 11.8. The number of carbonyl (C=O) groups is 1. The van der Waals surface area contributed by atoms with Gasteiger partial charge in [0, 0.05) is 5.92 Å². The number of hydrogen-bond acceptors (Lipinski definition) is 2. The summed E-state index contributed by atoms with van der Waals surface area (Å²) < 4.78 is 6.41. The Morgan fingerprint density at radius 3 is 2.21 bits per heavy atom. The second kappa shape index (κ2) is 7.20.